The normalized spacial score (nSPS) is 10.0. The molecule has 0 radical (unpaired) electrons. The van der Waals surface area contributed by atoms with Crippen molar-refractivity contribution in [1.29, 1.82) is 0 Å². The average Bonchev–Trinajstić information content (AvgIpc) is 2.42. The maximum absolute atomic E-state index is 12.0. The number of thiocarbonyl (C=S) groups is 1. The van der Waals surface area contributed by atoms with Crippen molar-refractivity contribution in [1.82, 2.24) is 4.90 Å². The van der Waals surface area contributed by atoms with Crippen molar-refractivity contribution in [3.63, 3.8) is 0 Å². The number of hydrogen-bond acceptors (Lipinski definition) is 3. The molecule has 0 atom stereocenters. The Kier molecular flexibility index (Phi) is 6.29. The van der Waals surface area contributed by atoms with Crippen molar-refractivity contribution in [2.45, 2.75) is 13.3 Å². The summed E-state index contributed by atoms with van der Waals surface area (Å²) in [5.74, 6) is 0.0919. The van der Waals surface area contributed by atoms with Crippen LogP contribution in [0.25, 0.3) is 0 Å². The Hall–Kier alpha value is -1.62. The molecule has 0 fully saturated rings. The summed E-state index contributed by atoms with van der Waals surface area (Å²) in [5, 5.41) is 0. The molecule has 104 valence electrons. The van der Waals surface area contributed by atoms with E-state index < -0.39 is 0 Å². The van der Waals surface area contributed by atoms with Crippen LogP contribution in [0.5, 0.6) is 0 Å². The monoisotopic (exact) mass is 279 g/mol. The smallest absolute Gasteiger partial charge is 0.241 e. The summed E-state index contributed by atoms with van der Waals surface area (Å²) in [7, 11) is 1.80. The highest BCUT2D eigenvalue weighted by molar-refractivity contribution is 7.80. The van der Waals surface area contributed by atoms with Crippen LogP contribution < -0.4 is 10.6 Å². The van der Waals surface area contributed by atoms with E-state index in [1.807, 2.05) is 42.2 Å². The fraction of sp³-hybridized carbons (Fsp3) is 0.429. The Balaban J connectivity index is 2.75. The molecule has 0 aliphatic carbocycles. The van der Waals surface area contributed by atoms with Crippen LogP contribution in [0, 0.1) is 0 Å². The predicted octanol–water partition coefficient (Wildman–Crippen LogP) is 1.65. The molecule has 1 rings (SSSR count). The molecule has 0 aliphatic rings. The van der Waals surface area contributed by atoms with E-state index in [0.717, 1.165) is 5.69 Å². The average molecular weight is 279 g/mol. The molecule has 1 amide bonds. The Morgan fingerprint density at radius 3 is 2.47 bits per heavy atom. The van der Waals surface area contributed by atoms with Gasteiger partial charge in [0, 0.05) is 32.2 Å². The molecule has 0 bridgehead atoms. The van der Waals surface area contributed by atoms with Gasteiger partial charge in [-0.1, -0.05) is 30.4 Å². The van der Waals surface area contributed by atoms with Gasteiger partial charge in [0.1, 0.15) is 0 Å². The number of rotatable bonds is 7. The summed E-state index contributed by atoms with van der Waals surface area (Å²) in [4.78, 5) is 16.2. The van der Waals surface area contributed by atoms with E-state index in [-0.39, 0.29) is 5.91 Å². The summed E-state index contributed by atoms with van der Waals surface area (Å²) in [6.07, 6.45) is 0.605. The summed E-state index contributed by atoms with van der Waals surface area (Å²) in [6.45, 7) is 3.66. The first-order chi connectivity index (χ1) is 9.04. The minimum Gasteiger partial charge on any atom is -0.393 e. The molecule has 1 aromatic rings. The SMILES string of the molecule is CCN(C)C(=O)CN(CCC(N)=S)c1ccccc1. The number of likely N-dealkylation sites (N-methyl/N-ethyl adjacent to an activating group) is 1. The van der Waals surface area contributed by atoms with Gasteiger partial charge >= 0.3 is 0 Å². The van der Waals surface area contributed by atoms with Gasteiger partial charge in [-0.2, -0.15) is 0 Å². The molecule has 0 aromatic heterocycles. The van der Waals surface area contributed by atoms with E-state index in [1.54, 1.807) is 11.9 Å². The standard InChI is InChI=1S/C14H21N3OS/c1-3-16(2)14(18)11-17(10-9-13(15)19)12-7-5-4-6-8-12/h4-8H,3,9-11H2,1-2H3,(H2,15,19). The second kappa shape index (κ2) is 7.74. The van der Waals surface area contributed by atoms with Gasteiger partial charge in [0.15, 0.2) is 0 Å². The van der Waals surface area contributed by atoms with Crippen molar-refractivity contribution < 1.29 is 4.79 Å². The number of nitrogens with zero attached hydrogens (tertiary/aromatic N) is 2. The minimum atomic E-state index is 0.0919. The van der Waals surface area contributed by atoms with Gasteiger partial charge in [-0.3, -0.25) is 4.79 Å². The lowest BCUT2D eigenvalue weighted by molar-refractivity contribution is -0.128. The van der Waals surface area contributed by atoms with Gasteiger partial charge in [0.25, 0.3) is 0 Å². The number of carbonyl (C=O) groups excluding carboxylic acids is 1. The summed E-state index contributed by atoms with van der Waals surface area (Å²) in [6, 6.07) is 9.83. The van der Waals surface area contributed by atoms with E-state index in [0.29, 0.717) is 31.0 Å². The minimum absolute atomic E-state index is 0.0919. The Labute approximate surface area is 120 Å². The Morgan fingerprint density at radius 1 is 1.32 bits per heavy atom. The molecule has 0 saturated carbocycles. The molecule has 5 heteroatoms. The number of nitrogens with two attached hydrogens (primary N) is 1. The van der Waals surface area contributed by atoms with Gasteiger partial charge in [-0.15, -0.1) is 0 Å². The van der Waals surface area contributed by atoms with Crippen LogP contribution >= 0.6 is 12.2 Å². The highest BCUT2D eigenvalue weighted by atomic mass is 32.1. The van der Waals surface area contributed by atoms with Gasteiger partial charge in [-0.05, 0) is 19.1 Å². The van der Waals surface area contributed by atoms with Crippen LogP contribution in [-0.2, 0) is 4.79 Å². The van der Waals surface area contributed by atoms with Gasteiger partial charge < -0.3 is 15.5 Å². The van der Waals surface area contributed by atoms with E-state index in [4.69, 9.17) is 18.0 Å². The third-order valence-electron chi connectivity index (χ3n) is 2.98. The second-order valence-electron chi connectivity index (χ2n) is 4.38. The topological polar surface area (TPSA) is 49.6 Å². The fourth-order valence-electron chi connectivity index (χ4n) is 1.64. The lowest BCUT2D eigenvalue weighted by Crippen LogP contribution is -2.39. The van der Waals surface area contributed by atoms with Crippen molar-refractivity contribution in [3.8, 4) is 0 Å². The van der Waals surface area contributed by atoms with E-state index >= 15 is 0 Å². The first kappa shape index (κ1) is 15.4. The van der Waals surface area contributed by atoms with Crippen molar-refractivity contribution in [2.24, 2.45) is 5.73 Å². The van der Waals surface area contributed by atoms with Crippen molar-refractivity contribution >= 4 is 28.8 Å². The number of hydrogen-bond donors (Lipinski definition) is 1. The van der Waals surface area contributed by atoms with E-state index in [1.165, 1.54) is 0 Å². The number of anilines is 1. The molecule has 2 N–H and O–H groups in total. The number of carbonyl (C=O) groups is 1. The zero-order valence-corrected chi connectivity index (χ0v) is 12.3. The van der Waals surface area contributed by atoms with Crippen LogP contribution in [0.3, 0.4) is 0 Å². The molecular weight excluding hydrogens is 258 g/mol. The molecule has 4 nitrogen and oxygen atoms in total. The summed E-state index contributed by atoms with van der Waals surface area (Å²) < 4.78 is 0. The van der Waals surface area contributed by atoms with Crippen LogP contribution in [0.4, 0.5) is 5.69 Å². The first-order valence-corrected chi connectivity index (χ1v) is 6.77. The molecule has 19 heavy (non-hydrogen) atoms. The molecular formula is C14H21N3OS. The molecule has 0 aliphatic heterocycles. The van der Waals surface area contributed by atoms with Crippen LogP contribution in [0.15, 0.2) is 30.3 Å². The Morgan fingerprint density at radius 2 is 1.95 bits per heavy atom. The molecule has 0 heterocycles. The van der Waals surface area contributed by atoms with Crippen LogP contribution in [-0.4, -0.2) is 42.5 Å². The lowest BCUT2D eigenvalue weighted by Gasteiger charge is -2.26. The van der Waals surface area contributed by atoms with Gasteiger partial charge in [0.2, 0.25) is 5.91 Å². The van der Waals surface area contributed by atoms with Crippen molar-refractivity contribution in [3.05, 3.63) is 30.3 Å². The first-order valence-electron chi connectivity index (χ1n) is 6.36. The van der Waals surface area contributed by atoms with Crippen LogP contribution in [0.1, 0.15) is 13.3 Å². The van der Waals surface area contributed by atoms with Gasteiger partial charge in [-0.25, -0.2) is 0 Å². The maximum atomic E-state index is 12.0. The molecule has 0 unspecified atom stereocenters. The van der Waals surface area contributed by atoms with Gasteiger partial charge in [0.05, 0.1) is 11.5 Å². The zero-order chi connectivity index (χ0) is 14.3. The molecule has 1 aromatic carbocycles. The highest BCUT2D eigenvalue weighted by Crippen LogP contribution is 2.13. The predicted molar refractivity (Wildman–Crippen MR) is 83.4 cm³/mol. The highest BCUT2D eigenvalue weighted by Gasteiger charge is 2.14. The van der Waals surface area contributed by atoms with E-state index in [2.05, 4.69) is 0 Å². The third kappa shape index (κ3) is 5.26. The number of para-hydroxylation sites is 1. The largest absolute Gasteiger partial charge is 0.393 e. The molecule has 0 saturated heterocycles. The quantitative estimate of drug-likeness (QED) is 0.771. The number of benzene rings is 1. The number of amides is 1. The fourth-order valence-corrected chi connectivity index (χ4v) is 1.74. The second-order valence-corrected chi connectivity index (χ2v) is 4.91. The van der Waals surface area contributed by atoms with Crippen LogP contribution in [0.2, 0.25) is 0 Å². The van der Waals surface area contributed by atoms with E-state index in [9.17, 15) is 4.79 Å². The zero-order valence-electron chi connectivity index (χ0n) is 11.5. The third-order valence-corrected chi connectivity index (χ3v) is 3.18. The Bertz CT molecular complexity index is 422. The lowest BCUT2D eigenvalue weighted by atomic mass is 10.2. The maximum Gasteiger partial charge on any atom is 0.241 e. The summed E-state index contributed by atoms with van der Waals surface area (Å²) in [5.41, 5.74) is 6.56. The molecule has 0 spiro atoms. The summed E-state index contributed by atoms with van der Waals surface area (Å²) >= 11 is 4.91. The van der Waals surface area contributed by atoms with Crippen molar-refractivity contribution in [2.75, 3.05) is 31.6 Å².